The average Bonchev–Trinajstić information content (AvgIpc) is 3.96. The quantitative estimate of drug-likeness (QED) is 0.0593. The number of alkyl carbamates (subject to hydrolysis) is 1. The van der Waals surface area contributed by atoms with E-state index in [-0.39, 0.29) is 18.9 Å². The van der Waals surface area contributed by atoms with E-state index < -0.39 is 49.1 Å². The Bertz CT molecular complexity index is 2460. The number of aliphatic hydroxyl groups excluding tert-OH is 2. The van der Waals surface area contributed by atoms with Crippen LogP contribution in [0, 0.1) is 0 Å². The van der Waals surface area contributed by atoms with Gasteiger partial charge in [0.25, 0.3) is 0 Å². The number of nitrogens with zero attached hydrogens (tertiary/aromatic N) is 6. The van der Waals surface area contributed by atoms with Crippen LogP contribution < -0.4 is 10.6 Å². The third-order valence-corrected chi connectivity index (χ3v) is 11.6. The van der Waals surface area contributed by atoms with Gasteiger partial charge in [0.2, 0.25) is 5.91 Å². The van der Waals surface area contributed by atoms with Gasteiger partial charge in [-0.05, 0) is 51.4 Å². The van der Waals surface area contributed by atoms with Gasteiger partial charge in [0.1, 0.15) is 31.2 Å². The van der Waals surface area contributed by atoms with Crippen molar-refractivity contribution < 1.29 is 29.3 Å². The molecule has 2 aromatic heterocycles. The van der Waals surface area contributed by atoms with Crippen molar-refractivity contribution in [3.63, 3.8) is 0 Å². The average molecular weight is 825 g/mol. The number of carbonyl (C=O) groups excluding carboxylic acids is 2. The number of aliphatic imine (C=N–C) groups is 1. The summed E-state index contributed by atoms with van der Waals surface area (Å²) < 4.78 is 13.6. The summed E-state index contributed by atoms with van der Waals surface area (Å²) in [5, 5.41) is 30.0. The number of unbranched alkanes of at least 4 members (excludes halogenated alkanes) is 2. The second kappa shape index (κ2) is 19.0. The largest absolute Gasteiger partial charge is 0.449 e. The van der Waals surface area contributed by atoms with E-state index in [0.717, 1.165) is 77.4 Å². The molecule has 0 unspecified atom stereocenters. The second-order valence-corrected chi connectivity index (χ2v) is 15.7. The van der Waals surface area contributed by atoms with Gasteiger partial charge in [-0.3, -0.25) is 9.36 Å². The molecule has 14 nitrogen and oxygen atoms in total. The van der Waals surface area contributed by atoms with E-state index in [1.54, 1.807) is 10.9 Å². The molecule has 6 aromatic rings. The van der Waals surface area contributed by atoms with Crippen molar-refractivity contribution in [3.8, 4) is 11.1 Å². The zero-order chi connectivity index (χ0) is 42.3. The van der Waals surface area contributed by atoms with E-state index in [2.05, 4.69) is 61.5 Å². The number of fused-ring (bicyclic) bond motifs is 5. The maximum absolute atomic E-state index is 14.3. The minimum Gasteiger partial charge on any atom is -0.449 e. The molecular weight excluding hydrogens is 773 g/mol. The van der Waals surface area contributed by atoms with Gasteiger partial charge in [-0.1, -0.05) is 118 Å². The standard InChI is InChI=1S/C47H52N8O6/c1-3-5-21-54(22-6-4-2)28-51-43-41-44(49-27-48-43)55(29-50-41)46-42(57)40(39(25-56)61-46)53-45(58)38(24-30-19-20-31-13-7-8-14-32(31)23-30)52-47(59)60-26-37-35-17-11-9-15-33(35)34-16-10-12-18-36(34)37/h7-20,23,27-29,37-40,42,46,56-57H,3-6,21-22,24-26H2,1-2H3,(H,52,59)(H,53,58)/b51-28+/t38-,39+,40+,42+,46+/m0/s1. The molecule has 1 aliphatic carbocycles. The molecule has 3 heterocycles. The van der Waals surface area contributed by atoms with Crippen LogP contribution in [0.3, 0.4) is 0 Å². The van der Waals surface area contributed by atoms with E-state index in [4.69, 9.17) is 9.47 Å². The first-order valence-electron chi connectivity index (χ1n) is 21.2. The van der Waals surface area contributed by atoms with Crippen LogP contribution in [0.5, 0.6) is 0 Å². The predicted molar refractivity (Wildman–Crippen MR) is 233 cm³/mol. The van der Waals surface area contributed by atoms with Gasteiger partial charge < -0.3 is 35.2 Å². The van der Waals surface area contributed by atoms with Gasteiger partial charge in [-0.2, -0.15) is 0 Å². The van der Waals surface area contributed by atoms with Crippen LogP contribution in [0.25, 0.3) is 33.1 Å². The highest BCUT2D eigenvalue weighted by Gasteiger charge is 2.46. The SMILES string of the molecule is CCCCN(/C=N/c1ncnc2c1ncn2[C@@H]1O[C@H](CO)[C@@H](NC(=O)[C@H](Cc2ccc3ccccc3c2)NC(=O)OCC2c3ccccc3-c3ccccc32)[C@H]1O)CCCC. The molecule has 316 valence electrons. The van der Waals surface area contributed by atoms with Crippen LogP contribution in [0.2, 0.25) is 0 Å². The number of nitrogens with one attached hydrogen (secondary N) is 2. The minimum atomic E-state index is -1.34. The predicted octanol–water partition coefficient (Wildman–Crippen LogP) is 6.43. The molecule has 8 rings (SSSR count). The van der Waals surface area contributed by atoms with Gasteiger partial charge in [0.15, 0.2) is 23.2 Å². The van der Waals surface area contributed by atoms with E-state index in [9.17, 15) is 19.8 Å². The van der Waals surface area contributed by atoms with E-state index in [1.807, 2.05) is 78.9 Å². The zero-order valence-corrected chi connectivity index (χ0v) is 34.4. The molecule has 1 aliphatic heterocycles. The molecule has 0 radical (unpaired) electrons. The van der Waals surface area contributed by atoms with Gasteiger partial charge in [-0.25, -0.2) is 24.7 Å². The number of aromatic nitrogens is 4. The van der Waals surface area contributed by atoms with E-state index in [0.29, 0.717) is 17.0 Å². The number of hydrogen-bond acceptors (Lipinski definition) is 10. The first-order valence-corrected chi connectivity index (χ1v) is 21.2. The minimum absolute atomic E-state index is 0.0685. The van der Waals surface area contributed by atoms with Crippen molar-refractivity contribution in [2.24, 2.45) is 4.99 Å². The molecule has 14 heteroatoms. The molecule has 0 saturated carbocycles. The summed E-state index contributed by atoms with van der Waals surface area (Å²) in [6, 6.07) is 27.7. The fourth-order valence-corrected chi connectivity index (χ4v) is 8.37. The fourth-order valence-electron chi connectivity index (χ4n) is 8.37. The molecule has 5 atom stereocenters. The monoisotopic (exact) mass is 824 g/mol. The molecule has 2 amide bonds. The van der Waals surface area contributed by atoms with Gasteiger partial charge in [0, 0.05) is 25.4 Å². The Morgan fingerprint density at radius 2 is 1.61 bits per heavy atom. The van der Waals surface area contributed by atoms with Gasteiger partial charge >= 0.3 is 6.09 Å². The maximum atomic E-state index is 14.3. The smallest absolute Gasteiger partial charge is 0.407 e. The molecule has 1 saturated heterocycles. The number of rotatable bonds is 17. The van der Waals surface area contributed by atoms with Crippen LogP contribution in [0.4, 0.5) is 10.6 Å². The lowest BCUT2D eigenvalue weighted by Crippen LogP contribution is -2.55. The Morgan fingerprint density at radius 3 is 2.31 bits per heavy atom. The number of ether oxygens (including phenoxy) is 2. The van der Waals surface area contributed by atoms with Crippen LogP contribution in [0.1, 0.15) is 68.4 Å². The first-order chi connectivity index (χ1) is 29.9. The Balaban J connectivity index is 1.00. The van der Waals surface area contributed by atoms with Crippen LogP contribution >= 0.6 is 0 Å². The van der Waals surface area contributed by atoms with Gasteiger partial charge in [0.05, 0.1) is 25.3 Å². The molecule has 4 N–H and O–H groups in total. The van der Waals surface area contributed by atoms with Crippen molar-refractivity contribution in [3.05, 3.63) is 120 Å². The van der Waals surface area contributed by atoms with Crippen molar-refractivity contribution in [2.75, 3.05) is 26.3 Å². The number of benzene rings is 4. The van der Waals surface area contributed by atoms with Crippen LogP contribution in [0.15, 0.2) is 109 Å². The first kappa shape index (κ1) is 41.5. The number of imidazole rings is 1. The molecular formula is C47H52N8O6. The second-order valence-electron chi connectivity index (χ2n) is 15.7. The van der Waals surface area contributed by atoms with E-state index >= 15 is 0 Å². The van der Waals surface area contributed by atoms with Crippen molar-refractivity contribution in [1.29, 1.82) is 0 Å². The third-order valence-electron chi connectivity index (χ3n) is 11.6. The summed E-state index contributed by atoms with van der Waals surface area (Å²) in [4.78, 5) is 48.2. The Morgan fingerprint density at radius 1 is 0.918 bits per heavy atom. The summed E-state index contributed by atoms with van der Waals surface area (Å²) in [7, 11) is 0. The lowest BCUT2D eigenvalue weighted by atomic mass is 9.98. The highest BCUT2D eigenvalue weighted by atomic mass is 16.6. The lowest BCUT2D eigenvalue weighted by Gasteiger charge is -2.25. The van der Waals surface area contributed by atoms with Crippen molar-refractivity contribution in [2.45, 2.75) is 82.4 Å². The lowest BCUT2D eigenvalue weighted by molar-refractivity contribution is -0.124. The highest BCUT2D eigenvalue weighted by Crippen LogP contribution is 2.44. The van der Waals surface area contributed by atoms with E-state index in [1.165, 1.54) is 12.7 Å². The van der Waals surface area contributed by atoms with Gasteiger partial charge in [-0.15, -0.1) is 0 Å². The number of carbonyl (C=O) groups is 2. The maximum Gasteiger partial charge on any atom is 0.407 e. The zero-order valence-electron chi connectivity index (χ0n) is 34.4. The molecule has 2 aliphatic rings. The summed E-state index contributed by atoms with van der Waals surface area (Å²) in [6.45, 7) is 5.63. The highest BCUT2D eigenvalue weighted by molar-refractivity contribution is 5.88. The topological polar surface area (TPSA) is 176 Å². The summed E-state index contributed by atoms with van der Waals surface area (Å²) in [6.07, 6.45) is 4.84. The normalized spacial score (nSPS) is 19.0. The third kappa shape index (κ3) is 8.97. The summed E-state index contributed by atoms with van der Waals surface area (Å²) >= 11 is 0. The van der Waals surface area contributed by atoms with Crippen LogP contribution in [-0.2, 0) is 20.7 Å². The molecule has 4 aromatic carbocycles. The number of amides is 2. The fraction of sp³-hybridized carbons (Fsp3) is 0.362. The molecule has 61 heavy (non-hydrogen) atoms. The number of hydrogen-bond donors (Lipinski definition) is 4. The molecule has 1 fully saturated rings. The van der Waals surface area contributed by atoms with Crippen molar-refractivity contribution in [1.82, 2.24) is 35.1 Å². The Labute approximate surface area is 354 Å². The molecule has 0 bridgehead atoms. The number of aliphatic hydroxyl groups is 2. The van der Waals surface area contributed by atoms with Crippen molar-refractivity contribution >= 4 is 46.1 Å². The Kier molecular flexibility index (Phi) is 12.9. The summed E-state index contributed by atoms with van der Waals surface area (Å²) in [5.41, 5.74) is 5.93. The molecule has 0 spiro atoms. The summed E-state index contributed by atoms with van der Waals surface area (Å²) in [5.74, 6) is -0.384. The Hall–Kier alpha value is -6.22. The van der Waals surface area contributed by atoms with Crippen LogP contribution in [-0.4, -0.2) is 104 Å².